The molecule has 2 N–H and O–H groups in total. The van der Waals surface area contributed by atoms with Gasteiger partial charge in [-0.2, -0.15) is 0 Å². The molecule has 1 unspecified atom stereocenters. The minimum absolute atomic E-state index is 0.0259. The predicted molar refractivity (Wildman–Crippen MR) is 78.2 cm³/mol. The Bertz CT molecular complexity index is 480. The molecule has 2 aliphatic rings. The first-order valence-electron chi connectivity index (χ1n) is 7.86. The number of hydrogen-bond donors (Lipinski definition) is 1. The van der Waals surface area contributed by atoms with Crippen molar-refractivity contribution in [1.82, 2.24) is 0 Å². The van der Waals surface area contributed by atoms with Crippen molar-refractivity contribution in [1.29, 1.82) is 0 Å². The smallest absolute Gasteiger partial charge is 0.127 e. The van der Waals surface area contributed by atoms with E-state index in [0.29, 0.717) is 5.75 Å². The zero-order valence-electron chi connectivity index (χ0n) is 12.2. The van der Waals surface area contributed by atoms with E-state index >= 15 is 0 Å². The number of nitrogens with two attached hydrogens (primary N) is 1. The van der Waals surface area contributed by atoms with Gasteiger partial charge in [0.25, 0.3) is 0 Å². The molecule has 1 saturated carbocycles. The summed E-state index contributed by atoms with van der Waals surface area (Å²) >= 11 is 0. The third-order valence-corrected chi connectivity index (χ3v) is 5.01. The normalized spacial score (nSPS) is 32.8. The molecule has 1 fully saturated rings. The molecule has 20 heavy (non-hydrogen) atoms. The summed E-state index contributed by atoms with van der Waals surface area (Å²) in [5, 5.41) is 0. The Labute approximate surface area is 120 Å². The van der Waals surface area contributed by atoms with E-state index in [0.717, 1.165) is 30.7 Å². The van der Waals surface area contributed by atoms with Crippen LogP contribution in [0.3, 0.4) is 0 Å². The number of halogens is 1. The van der Waals surface area contributed by atoms with E-state index in [9.17, 15) is 4.39 Å². The van der Waals surface area contributed by atoms with Gasteiger partial charge in [-0.3, -0.25) is 0 Å². The van der Waals surface area contributed by atoms with Crippen LogP contribution in [0.1, 0.15) is 63.5 Å². The molecule has 0 radical (unpaired) electrons. The quantitative estimate of drug-likeness (QED) is 0.873. The molecule has 1 spiro atoms. The third-order valence-electron chi connectivity index (χ3n) is 5.01. The van der Waals surface area contributed by atoms with Crippen LogP contribution in [0.5, 0.6) is 5.75 Å². The molecule has 0 amide bonds. The molecule has 1 aromatic carbocycles. The number of fused-ring (bicyclic) bond motifs is 1. The molecule has 0 saturated heterocycles. The van der Waals surface area contributed by atoms with E-state index in [1.165, 1.54) is 37.8 Å². The molecule has 2 nitrogen and oxygen atoms in total. The molecule has 3 rings (SSSR count). The summed E-state index contributed by atoms with van der Waals surface area (Å²) in [5.74, 6) is 1.25. The molecule has 1 heterocycles. The maximum absolute atomic E-state index is 13.4. The fourth-order valence-electron chi connectivity index (χ4n) is 3.90. The first-order chi connectivity index (χ1) is 9.62. The minimum Gasteiger partial charge on any atom is -0.487 e. The molecule has 0 aromatic heterocycles. The Morgan fingerprint density at radius 3 is 2.80 bits per heavy atom. The number of benzene rings is 1. The molecular formula is C17H24FNO. The van der Waals surface area contributed by atoms with Crippen molar-refractivity contribution in [3.63, 3.8) is 0 Å². The second kappa shape index (κ2) is 5.36. The fourth-order valence-corrected chi connectivity index (χ4v) is 3.90. The van der Waals surface area contributed by atoms with Crippen LogP contribution >= 0.6 is 0 Å². The van der Waals surface area contributed by atoms with Crippen molar-refractivity contribution < 1.29 is 9.13 Å². The first kappa shape index (κ1) is 13.9. The van der Waals surface area contributed by atoms with Gasteiger partial charge in [0.1, 0.15) is 17.2 Å². The summed E-state index contributed by atoms with van der Waals surface area (Å²) < 4.78 is 19.6. The number of hydrogen-bond acceptors (Lipinski definition) is 2. The molecule has 1 atom stereocenters. The van der Waals surface area contributed by atoms with Crippen LogP contribution in [-0.4, -0.2) is 5.60 Å². The highest BCUT2D eigenvalue weighted by molar-refractivity contribution is 5.39. The van der Waals surface area contributed by atoms with Crippen molar-refractivity contribution in [2.24, 2.45) is 11.7 Å². The monoisotopic (exact) mass is 277 g/mol. The Morgan fingerprint density at radius 2 is 2.10 bits per heavy atom. The minimum atomic E-state index is -0.243. The molecule has 110 valence electrons. The Hall–Kier alpha value is -1.09. The zero-order valence-corrected chi connectivity index (χ0v) is 12.2. The second-order valence-corrected chi connectivity index (χ2v) is 6.51. The second-order valence-electron chi connectivity index (χ2n) is 6.51. The van der Waals surface area contributed by atoms with Gasteiger partial charge in [0.05, 0.1) is 0 Å². The van der Waals surface area contributed by atoms with E-state index in [1.807, 2.05) is 0 Å². The predicted octanol–water partition coefficient (Wildman–Crippen LogP) is 4.34. The maximum Gasteiger partial charge on any atom is 0.127 e. The van der Waals surface area contributed by atoms with Crippen LogP contribution in [0.2, 0.25) is 0 Å². The van der Waals surface area contributed by atoms with Gasteiger partial charge in [-0.1, -0.05) is 25.8 Å². The molecule has 1 aliphatic heterocycles. The Kier molecular flexibility index (Phi) is 3.72. The fraction of sp³-hybridized carbons (Fsp3) is 0.647. The summed E-state index contributed by atoms with van der Waals surface area (Å²) in [6.07, 6.45) is 7.98. The van der Waals surface area contributed by atoms with Crippen LogP contribution in [0.15, 0.2) is 18.2 Å². The summed E-state index contributed by atoms with van der Waals surface area (Å²) in [4.78, 5) is 0. The average Bonchev–Trinajstić information content (AvgIpc) is 2.41. The lowest BCUT2D eigenvalue weighted by Crippen LogP contribution is -2.45. The lowest BCUT2D eigenvalue weighted by Gasteiger charge is -2.45. The standard InChI is InChI=1S/C17H24FNO/c1-2-3-12-6-8-17(9-7-12)11-15(19)14-5-4-13(18)10-16(14)20-17/h4-5,10,12,15H,2-3,6-9,11,19H2,1H3. The summed E-state index contributed by atoms with van der Waals surface area (Å²) in [6.45, 7) is 2.25. The van der Waals surface area contributed by atoms with E-state index < -0.39 is 0 Å². The summed E-state index contributed by atoms with van der Waals surface area (Å²) in [5.41, 5.74) is 7.10. The van der Waals surface area contributed by atoms with Gasteiger partial charge in [-0.05, 0) is 37.7 Å². The molecule has 1 aliphatic carbocycles. The molecule has 1 aromatic rings. The van der Waals surface area contributed by atoms with Gasteiger partial charge in [-0.15, -0.1) is 0 Å². The van der Waals surface area contributed by atoms with Crippen molar-refractivity contribution in [3.8, 4) is 5.75 Å². The molecule has 0 bridgehead atoms. The lowest BCUT2D eigenvalue weighted by atomic mass is 9.72. The number of ether oxygens (including phenoxy) is 1. The highest BCUT2D eigenvalue weighted by Crippen LogP contribution is 2.47. The topological polar surface area (TPSA) is 35.2 Å². The molecule has 3 heteroatoms. The van der Waals surface area contributed by atoms with E-state index in [1.54, 1.807) is 6.07 Å². The van der Waals surface area contributed by atoms with E-state index in [4.69, 9.17) is 10.5 Å². The van der Waals surface area contributed by atoms with Gasteiger partial charge in [-0.25, -0.2) is 4.39 Å². The van der Waals surface area contributed by atoms with E-state index in [-0.39, 0.29) is 17.5 Å². The van der Waals surface area contributed by atoms with Gasteiger partial charge in [0.15, 0.2) is 0 Å². The first-order valence-corrected chi connectivity index (χ1v) is 7.86. The van der Waals surface area contributed by atoms with Gasteiger partial charge in [0.2, 0.25) is 0 Å². The van der Waals surface area contributed by atoms with Crippen LogP contribution in [0, 0.1) is 11.7 Å². The largest absolute Gasteiger partial charge is 0.487 e. The van der Waals surface area contributed by atoms with Gasteiger partial charge < -0.3 is 10.5 Å². The summed E-state index contributed by atoms with van der Waals surface area (Å²) in [6, 6.07) is 4.71. The van der Waals surface area contributed by atoms with E-state index in [2.05, 4.69) is 6.92 Å². The SMILES string of the molecule is CCCC1CCC2(CC1)CC(N)c1ccc(F)cc1O2. The van der Waals surface area contributed by atoms with Gasteiger partial charge in [0, 0.05) is 24.1 Å². The Balaban J connectivity index is 1.77. The van der Waals surface area contributed by atoms with Crippen LogP contribution in [0.25, 0.3) is 0 Å². The van der Waals surface area contributed by atoms with Crippen LogP contribution in [-0.2, 0) is 0 Å². The summed E-state index contributed by atoms with van der Waals surface area (Å²) in [7, 11) is 0. The highest BCUT2D eigenvalue weighted by Gasteiger charge is 2.42. The highest BCUT2D eigenvalue weighted by atomic mass is 19.1. The zero-order chi connectivity index (χ0) is 14.2. The van der Waals surface area contributed by atoms with Crippen molar-refractivity contribution >= 4 is 0 Å². The lowest BCUT2D eigenvalue weighted by molar-refractivity contribution is -0.0118. The van der Waals surface area contributed by atoms with Crippen LogP contribution < -0.4 is 10.5 Å². The maximum atomic E-state index is 13.4. The van der Waals surface area contributed by atoms with Crippen LogP contribution in [0.4, 0.5) is 4.39 Å². The van der Waals surface area contributed by atoms with Crippen molar-refractivity contribution in [3.05, 3.63) is 29.6 Å². The van der Waals surface area contributed by atoms with Crippen molar-refractivity contribution in [2.75, 3.05) is 0 Å². The average molecular weight is 277 g/mol. The third kappa shape index (κ3) is 2.56. The Morgan fingerprint density at radius 1 is 1.35 bits per heavy atom. The van der Waals surface area contributed by atoms with Crippen molar-refractivity contribution in [2.45, 2.75) is 63.5 Å². The molecular weight excluding hydrogens is 253 g/mol. The number of rotatable bonds is 2. The van der Waals surface area contributed by atoms with Gasteiger partial charge >= 0.3 is 0 Å².